The normalized spacial score (nSPS) is 52.8. The van der Waals surface area contributed by atoms with Gasteiger partial charge in [0, 0.05) is 11.3 Å². The van der Waals surface area contributed by atoms with Gasteiger partial charge in [-0.1, -0.05) is 13.8 Å². The minimum atomic E-state index is -0.746. The smallest absolute Gasteiger partial charge is 0.265 e. The fourth-order valence-electron chi connectivity index (χ4n) is 6.69. The molecule has 4 fully saturated rings. The quantitative estimate of drug-likeness (QED) is 0.696. The molecule has 4 nitrogen and oxygen atoms in total. The highest BCUT2D eigenvalue weighted by Crippen LogP contribution is 2.64. The zero-order chi connectivity index (χ0) is 16.6. The van der Waals surface area contributed by atoms with Crippen LogP contribution in [0.3, 0.4) is 0 Å². The topological polar surface area (TPSA) is 71.4 Å². The molecule has 4 aliphatic rings. The maximum Gasteiger partial charge on any atom is 0.265 e. The summed E-state index contributed by atoms with van der Waals surface area (Å²) in [5.74, 6) is -0.875. The number of carbonyl (C=O) groups is 3. The van der Waals surface area contributed by atoms with Crippen LogP contribution in [0.2, 0.25) is 0 Å². The molecule has 4 rings (SSSR count). The molecule has 23 heavy (non-hydrogen) atoms. The van der Waals surface area contributed by atoms with E-state index in [-0.39, 0.29) is 23.4 Å². The van der Waals surface area contributed by atoms with Gasteiger partial charge in [0.2, 0.25) is 11.6 Å². The Morgan fingerprint density at radius 1 is 1.00 bits per heavy atom. The van der Waals surface area contributed by atoms with E-state index in [1.807, 2.05) is 6.92 Å². The molecule has 0 saturated heterocycles. The van der Waals surface area contributed by atoms with Crippen molar-refractivity contribution in [3.05, 3.63) is 0 Å². The van der Waals surface area contributed by atoms with Gasteiger partial charge in [0.1, 0.15) is 0 Å². The summed E-state index contributed by atoms with van der Waals surface area (Å²) in [6.07, 6.45) is 6.06. The van der Waals surface area contributed by atoms with Gasteiger partial charge in [-0.25, -0.2) is 0 Å². The molecule has 0 aliphatic heterocycles. The molecule has 126 valence electrons. The third-order valence-corrected chi connectivity index (χ3v) is 8.04. The van der Waals surface area contributed by atoms with E-state index in [2.05, 4.69) is 6.92 Å². The van der Waals surface area contributed by atoms with Crippen LogP contribution in [-0.4, -0.2) is 28.6 Å². The zero-order valence-corrected chi connectivity index (χ0v) is 14.0. The Bertz CT molecular complexity index is 596. The van der Waals surface area contributed by atoms with Gasteiger partial charge in [0.15, 0.2) is 0 Å². The van der Waals surface area contributed by atoms with E-state index in [1.54, 1.807) is 0 Å². The lowest BCUT2D eigenvalue weighted by atomic mass is 9.45. The van der Waals surface area contributed by atoms with Crippen molar-refractivity contribution >= 4 is 17.3 Å². The fraction of sp³-hybridized carbons (Fsp3) is 0.842. The summed E-state index contributed by atoms with van der Waals surface area (Å²) in [5.41, 5.74) is -0.592. The van der Waals surface area contributed by atoms with Crippen LogP contribution in [0.4, 0.5) is 0 Å². The van der Waals surface area contributed by atoms with E-state index < -0.39 is 22.8 Å². The number of carbonyl (C=O) groups excluding carboxylic acids is 3. The van der Waals surface area contributed by atoms with Crippen molar-refractivity contribution in [3.8, 4) is 0 Å². The number of hydrogen-bond acceptors (Lipinski definition) is 4. The molecular weight excluding hydrogens is 292 g/mol. The van der Waals surface area contributed by atoms with Crippen LogP contribution < -0.4 is 0 Å². The standard InChI is InChI=1S/C19H26O4/c1-18-7-5-11(20)9-10(18)3-4-12-13(18)6-8-19(2)14(12)15(21)16(22)17(19)23/h10-14,20H,3-9H2,1-2H3/t10-,11+,12+,13-,14+,18-,19-/m0/s1. The van der Waals surface area contributed by atoms with Crippen LogP contribution in [0, 0.1) is 34.5 Å². The first-order valence-corrected chi connectivity index (χ1v) is 9.10. The summed E-state index contributed by atoms with van der Waals surface area (Å²) in [4.78, 5) is 36.9. The van der Waals surface area contributed by atoms with E-state index in [0.717, 1.165) is 38.5 Å². The van der Waals surface area contributed by atoms with Crippen molar-refractivity contribution in [1.29, 1.82) is 0 Å². The first-order chi connectivity index (χ1) is 10.8. The average Bonchev–Trinajstić information content (AvgIpc) is 2.69. The maximum atomic E-state index is 12.5. The highest BCUT2D eigenvalue weighted by Gasteiger charge is 2.66. The van der Waals surface area contributed by atoms with Crippen molar-refractivity contribution in [3.63, 3.8) is 0 Å². The van der Waals surface area contributed by atoms with Crippen LogP contribution in [0.15, 0.2) is 0 Å². The van der Waals surface area contributed by atoms with Gasteiger partial charge >= 0.3 is 0 Å². The van der Waals surface area contributed by atoms with Crippen molar-refractivity contribution in [1.82, 2.24) is 0 Å². The third kappa shape index (κ3) is 1.84. The van der Waals surface area contributed by atoms with E-state index in [4.69, 9.17) is 0 Å². The Kier molecular flexibility index (Phi) is 3.20. The fourth-order valence-corrected chi connectivity index (χ4v) is 6.69. The number of rotatable bonds is 0. The van der Waals surface area contributed by atoms with Crippen LogP contribution in [0.25, 0.3) is 0 Å². The molecule has 0 bridgehead atoms. The predicted molar refractivity (Wildman–Crippen MR) is 83.5 cm³/mol. The van der Waals surface area contributed by atoms with Crippen molar-refractivity contribution in [2.24, 2.45) is 34.5 Å². The lowest BCUT2D eigenvalue weighted by Crippen LogP contribution is -2.54. The molecule has 0 heterocycles. The second kappa shape index (κ2) is 4.75. The maximum absolute atomic E-state index is 12.5. The summed E-state index contributed by atoms with van der Waals surface area (Å²) >= 11 is 0. The van der Waals surface area contributed by atoms with Gasteiger partial charge in [-0.05, 0) is 68.1 Å². The van der Waals surface area contributed by atoms with Gasteiger partial charge < -0.3 is 5.11 Å². The average molecular weight is 318 g/mol. The van der Waals surface area contributed by atoms with Crippen LogP contribution in [-0.2, 0) is 14.4 Å². The summed E-state index contributed by atoms with van der Waals surface area (Å²) in [6, 6.07) is 0. The van der Waals surface area contributed by atoms with Gasteiger partial charge in [-0.2, -0.15) is 0 Å². The Balaban J connectivity index is 1.70. The first-order valence-electron chi connectivity index (χ1n) is 9.10. The van der Waals surface area contributed by atoms with Gasteiger partial charge in [-0.3, -0.25) is 14.4 Å². The molecule has 0 radical (unpaired) electrons. The van der Waals surface area contributed by atoms with Crippen LogP contribution >= 0.6 is 0 Å². The molecule has 7 atom stereocenters. The second-order valence-electron chi connectivity index (χ2n) is 8.93. The van der Waals surface area contributed by atoms with Gasteiger partial charge in [0.25, 0.3) is 5.78 Å². The molecule has 4 saturated carbocycles. The number of hydrogen-bond donors (Lipinski definition) is 1. The van der Waals surface area contributed by atoms with Crippen molar-refractivity contribution in [2.75, 3.05) is 0 Å². The molecule has 0 amide bonds. The minimum Gasteiger partial charge on any atom is -0.393 e. The predicted octanol–water partition coefficient (Wildman–Crippen LogP) is 2.32. The summed E-state index contributed by atoms with van der Waals surface area (Å²) in [7, 11) is 0. The van der Waals surface area contributed by atoms with Gasteiger partial charge in [0.05, 0.1) is 6.10 Å². The molecule has 1 N–H and O–H groups in total. The van der Waals surface area contributed by atoms with Crippen molar-refractivity contribution in [2.45, 2.75) is 64.9 Å². The highest BCUT2D eigenvalue weighted by atomic mass is 16.3. The zero-order valence-electron chi connectivity index (χ0n) is 14.0. The number of Topliss-reactive ketones (excluding diaryl/α,β-unsaturated/α-hetero) is 3. The molecular formula is C19H26O4. The third-order valence-electron chi connectivity index (χ3n) is 8.04. The SMILES string of the molecule is C[C@]12CC[C@@H](O)C[C@@H]1CC[C@@H]1[C@@H]2CC[C@]2(C)C(=O)C(=O)C(=O)[C@@H]12. The Morgan fingerprint density at radius 3 is 2.48 bits per heavy atom. The highest BCUT2D eigenvalue weighted by molar-refractivity contribution is 6.68. The lowest BCUT2D eigenvalue weighted by Gasteiger charge is -2.59. The molecule has 0 aromatic rings. The van der Waals surface area contributed by atoms with Crippen LogP contribution in [0.1, 0.15) is 58.8 Å². The number of aliphatic hydroxyl groups excluding tert-OH is 1. The molecule has 0 aromatic carbocycles. The Hall–Kier alpha value is -1.03. The van der Waals surface area contributed by atoms with Crippen LogP contribution in [0.5, 0.6) is 0 Å². The van der Waals surface area contributed by atoms with E-state index in [9.17, 15) is 19.5 Å². The summed E-state index contributed by atoms with van der Waals surface area (Å²) in [6.45, 7) is 4.17. The number of aliphatic hydroxyl groups is 1. The van der Waals surface area contributed by atoms with E-state index >= 15 is 0 Å². The van der Waals surface area contributed by atoms with Crippen molar-refractivity contribution < 1.29 is 19.5 Å². The molecule has 0 unspecified atom stereocenters. The van der Waals surface area contributed by atoms with E-state index in [0.29, 0.717) is 18.3 Å². The molecule has 0 spiro atoms. The summed E-state index contributed by atoms with van der Waals surface area (Å²) < 4.78 is 0. The molecule has 0 aromatic heterocycles. The first kappa shape index (κ1) is 15.5. The summed E-state index contributed by atoms with van der Waals surface area (Å²) in [5, 5.41) is 10.0. The Labute approximate surface area is 137 Å². The minimum absolute atomic E-state index is 0.151. The number of ketones is 3. The second-order valence-corrected chi connectivity index (χ2v) is 8.93. The van der Waals surface area contributed by atoms with Gasteiger partial charge in [-0.15, -0.1) is 0 Å². The lowest BCUT2D eigenvalue weighted by molar-refractivity contribution is -0.149. The largest absolute Gasteiger partial charge is 0.393 e. The van der Waals surface area contributed by atoms with E-state index in [1.165, 1.54) is 0 Å². The molecule has 4 aliphatic carbocycles. The Morgan fingerprint density at radius 2 is 1.74 bits per heavy atom. The monoisotopic (exact) mass is 318 g/mol. The molecule has 4 heteroatoms. The number of fused-ring (bicyclic) bond motifs is 5.